The van der Waals surface area contributed by atoms with Crippen molar-refractivity contribution in [1.82, 2.24) is 5.32 Å². The summed E-state index contributed by atoms with van der Waals surface area (Å²) in [7, 11) is 0. The second-order valence-electron chi connectivity index (χ2n) is 2.43. The van der Waals surface area contributed by atoms with Crippen molar-refractivity contribution in [3.63, 3.8) is 0 Å². The Kier molecular flexibility index (Phi) is 4.15. The molecule has 0 heterocycles. The second-order valence-corrected chi connectivity index (χ2v) is 2.43. The SMILES string of the molecule is C=CNC(/C=C(\C)N)=C(\N)C(N)=O. The first-order valence-corrected chi connectivity index (χ1v) is 3.59. The van der Waals surface area contributed by atoms with Crippen LogP contribution in [0.25, 0.3) is 0 Å². The van der Waals surface area contributed by atoms with Crippen LogP contribution in [-0.4, -0.2) is 5.91 Å². The molecule has 0 aromatic rings. The van der Waals surface area contributed by atoms with Crippen molar-refractivity contribution >= 4 is 5.91 Å². The topological polar surface area (TPSA) is 107 Å². The molecule has 1 amide bonds. The fourth-order valence-corrected chi connectivity index (χ4v) is 0.668. The summed E-state index contributed by atoms with van der Waals surface area (Å²) in [5.41, 5.74) is 16.6. The molecule has 5 heteroatoms. The lowest BCUT2D eigenvalue weighted by Crippen LogP contribution is -2.25. The Morgan fingerprint density at radius 1 is 1.38 bits per heavy atom. The van der Waals surface area contributed by atoms with Gasteiger partial charge in [-0.2, -0.15) is 0 Å². The van der Waals surface area contributed by atoms with Crippen molar-refractivity contribution in [2.45, 2.75) is 6.92 Å². The quantitative estimate of drug-likeness (QED) is 0.338. The van der Waals surface area contributed by atoms with E-state index >= 15 is 0 Å². The molecule has 72 valence electrons. The molecule has 0 aliphatic carbocycles. The summed E-state index contributed by atoms with van der Waals surface area (Å²) in [5.74, 6) is -0.707. The number of hydrogen-bond acceptors (Lipinski definition) is 4. The fourth-order valence-electron chi connectivity index (χ4n) is 0.668. The van der Waals surface area contributed by atoms with E-state index in [0.29, 0.717) is 11.4 Å². The highest BCUT2D eigenvalue weighted by Gasteiger charge is 2.04. The minimum absolute atomic E-state index is 0.0790. The van der Waals surface area contributed by atoms with Crippen LogP contribution in [0.5, 0.6) is 0 Å². The molecule has 0 radical (unpaired) electrons. The van der Waals surface area contributed by atoms with Gasteiger partial charge >= 0.3 is 0 Å². The summed E-state index contributed by atoms with van der Waals surface area (Å²) in [6.45, 7) is 5.09. The van der Waals surface area contributed by atoms with Gasteiger partial charge in [0.1, 0.15) is 5.70 Å². The maximum atomic E-state index is 10.7. The Bertz CT molecular complexity index is 274. The molecule has 5 nitrogen and oxygen atoms in total. The molecule has 0 atom stereocenters. The van der Waals surface area contributed by atoms with Gasteiger partial charge in [0.05, 0.1) is 5.70 Å². The van der Waals surface area contributed by atoms with Gasteiger partial charge in [-0.25, -0.2) is 0 Å². The van der Waals surface area contributed by atoms with E-state index in [1.807, 2.05) is 0 Å². The van der Waals surface area contributed by atoms with Gasteiger partial charge in [-0.3, -0.25) is 4.79 Å². The van der Waals surface area contributed by atoms with E-state index in [1.54, 1.807) is 6.92 Å². The minimum atomic E-state index is -0.707. The van der Waals surface area contributed by atoms with E-state index in [0.717, 1.165) is 0 Å². The van der Waals surface area contributed by atoms with Crippen LogP contribution in [-0.2, 0) is 4.79 Å². The average molecular weight is 182 g/mol. The molecule has 0 fully saturated rings. The predicted molar refractivity (Wildman–Crippen MR) is 51.7 cm³/mol. The Morgan fingerprint density at radius 2 is 1.92 bits per heavy atom. The monoisotopic (exact) mass is 182 g/mol. The van der Waals surface area contributed by atoms with Gasteiger partial charge in [-0.15, -0.1) is 0 Å². The highest BCUT2D eigenvalue weighted by atomic mass is 16.1. The first kappa shape index (κ1) is 11.1. The second kappa shape index (κ2) is 4.87. The van der Waals surface area contributed by atoms with Crippen LogP contribution in [0.15, 0.2) is 35.9 Å². The van der Waals surface area contributed by atoms with Gasteiger partial charge in [0.25, 0.3) is 5.91 Å². The Balaban J connectivity index is 4.99. The lowest BCUT2D eigenvalue weighted by atomic mass is 10.2. The molecular weight excluding hydrogens is 168 g/mol. The molecule has 0 aliphatic rings. The van der Waals surface area contributed by atoms with E-state index < -0.39 is 5.91 Å². The Labute approximate surface area is 77.0 Å². The van der Waals surface area contributed by atoms with Gasteiger partial charge < -0.3 is 22.5 Å². The molecule has 0 bridgehead atoms. The van der Waals surface area contributed by atoms with Gasteiger partial charge in [0.2, 0.25) is 0 Å². The van der Waals surface area contributed by atoms with Gasteiger partial charge in [0.15, 0.2) is 0 Å². The third kappa shape index (κ3) is 3.85. The standard InChI is InChI=1S/C8H14N4O/c1-3-12-6(4-5(2)9)7(10)8(11)13/h3-4,12H,1,9-10H2,2H3,(H2,11,13)/b5-4+,7-6-. The zero-order valence-electron chi connectivity index (χ0n) is 7.50. The average Bonchev–Trinajstić information content (AvgIpc) is 2.01. The molecule has 0 aromatic carbocycles. The number of rotatable bonds is 4. The minimum Gasteiger partial charge on any atom is -0.402 e. The van der Waals surface area contributed by atoms with Crippen LogP contribution in [0.2, 0.25) is 0 Å². The number of amides is 1. The summed E-state index contributed by atoms with van der Waals surface area (Å²) in [4.78, 5) is 10.7. The van der Waals surface area contributed by atoms with E-state index in [-0.39, 0.29) is 5.70 Å². The highest BCUT2D eigenvalue weighted by Crippen LogP contribution is 1.98. The maximum Gasteiger partial charge on any atom is 0.266 e. The molecule has 0 aromatic heterocycles. The zero-order chi connectivity index (χ0) is 10.4. The molecular formula is C8H14N4O. The van der Waals surface area contributed by atoms with Crippen LogP contribution >= 0.6 is 0 Å². The first-order valence-electron chi connectivity index (χ1n) is 3.59. The zero-order valence-corrected chi connectivity index (χ0v) is 7.50. The summed E-state index contributed by atoms with van der Waals surface area (Å²) in [6, 6.07) is 0. The molecule has 13 heavy (non-hydrogen) atoms. The van der Waals surface area contributed by atoms with Gasteiger partial charge in [0, 0.05) is 5.70 Å². The largest absolute Gasteiger partial charge is 0.402 e. The van der Waals surface area contributed by atoms with E-state index in [2.05, 4.69) is 11.9 Å². The van der Waals surface area contributed by atoms with E-state index in [9.17, 15) is 4.79 Å². The normalized spacial score (nSPS) is 13.2. The lowest BCUT2D eigenvalue weighted by molar-refractivity contribution is -0.114. The van der Waals surface area contributed by atoms with Crippen molar-refractivity contribution in [3.8, 4) is 0 Å². The van der Waals surface area contributed by atoms with Crippen molar-refractivity contribution in [2.75, 3.05) is 0 Å². The summed E-state index contributed by atoms with van der Waals surface area (Å²) < 4.78 is 0. The Hall–Kier alpha value is -1.91. The summed E-state index contributed by atoms with van der Waals surface area (Å²) in [5, 5.41) is 2.66. The first-order chi connectivity index (χ1) is 5.99. The van der Waals surface area contributed by atoms with E-state index in [1.165, 1.54) is 12.3 Å². The number of primary amides is 1. The third-order valence-electron chi connectivity index (χ3n) is 1.19. The number of nitrogens with one attached hydrogen (secondary N) is 1. The van der Waals surface area contributed by atoms with Gasteiger partial charge in [-0.05, 0) is 19.2 Å². The molecule has 0 rings (SSSR count). The molecule has 7 N–H and O–H groups in total. The van der Waals surface area contributed by atoms with Crippen LogP contribution in [0.3, 0.4) is 0 Å². The van der Waals surface area contributed by atoms with E-state index in [4.69, 9.17) is 17.2 Å². The lowest BCUT2D eigenvalue weighted by Gasteiger charge is -2.05. The number of carbonyl (C=O) groups excluding carboxylic acids is 1. The molecule has 0 saturated carbocycles. The van der Waals surface area contributed by atoms with Crippen molar-refractivity contribution in [3.05, 3.63) is 35.9 Å². The number of hydrogen-bond donors (Lipinski definition) is 4. The molecule has 0 saturated heterocycles. The van der Waals surface area contributed by atoms with Crippen LogP contribution < -0.4 is 22.5 Å². The molecule has 0 unspecified atom stereocenters. The molecule has 0 spiro atoms. The van der Waals surface area contributed by atoms with Crippen molar-refractivity contribution < 1.29 is 4.79 Å². The van der Waals surface area contributed by atoms with Crippen LogP contribution in [0.4, 0.5) is 0 Å². The Morgan fingerprint density at radius 3 is 2.23 bits per heavy atom. The number of nitrogens with two attached hydrogens (primary N) is 3. The fraction of sp³-hybridized carbons (Fsp3) is 0.125. The van der Waals surface area contributed by atoms with Crippen LogP contribution in [0, 0.1) is 0 Å². The molecule has 0 aliphatic heterocycles. The van der Waals surface area contributed by atoms with Crippen molar-refractivity contribution in [2.24, 2.45) is 17.2 Å². The summed E-state index contributed by atoms with van der Waals surface area (Å²) in [6.07, 6.45) is 2.88. The van der Waals surface area contributed by atoms with Crippen molar-refractivity contribution in [1.29, 1.82) is 0 Å². The summed E-state index contributed by atoms with van der Waals surface area (Å²) >= 11 is 0. The third-order valence-corrected chi connectivity index (χ3v) is 1.19. The number of carbonyl (C=O) groups is 1. The maximum absolute atomic E-state index is 10.7. The highest BCUT2D eigenvalue weighted by molar-refractivity contribution is 5.92. The number of allylic oxidation sites excluding steroid dienone is 2. The van der Waals surface area contributed by atoms with Crippen LogP contribution in [0.1, 0.15) is 6.92 Å². The smallest absolute Gasteiger partial charge is 0.266 e. The van der Waals surface area contributed by atoms with Gasteiger partial charge in [-0.1, -0.05) is 6.58 Å². The predicted octanol–water partition coefficient (Wildman–Crippen LogP) is -0.762.